The zero-order valence-corrected chi connectivity index (χ0v) is 11.1. The molecule has 3 rings (SSSR count). The van der Waals surface area contributed by atoms with E-state index in [0.717, 1.165) is 24.3 Å². The second kappa shape index (κ2) is 4.83. The van der Waals surface area contributed by atoms with Gasteiger partial charge in [0.25, 0.3) is 0 Å². The van der Waals surface area contributed by atoms with Crippen LogP contribution in [0.25, 0.3) is 0 Å². The molecule has 2 nitrogen and oxygen atoms in total. The van der Waals surface area contributed by atoms with Crippen LogP contribution in [0.15, 0.2) is 36.4 Å². The zero-order valence-electron chi connectivity index (χ0n) is 10.4. The fourth-order valence-electron chi connectivity index (χ4n) is 2.51. The molecule has 0 saturated heterocycles. The Hall–Kier alpha value is -1.58. The van der Waals surface area contributed by atoms with Gasteiger partial charge in [-0.05, 0) is 34.9 Å². The molecule has 0 amide bonds. The molecule has 0 spiro atoms. The monoisotopic (exact) mass is 276 g/mol. The van der Waals surface area contributed by atoms with Crippen LogP contribution in [0.3, 0.4) is 0 Å². The Bertz CT molecular complexity index is 628. The van der Waals surface area contributed by atoms with Gasteiger partial charge in [-0.3, -0.25) is 4.90 Å². The normalized spacial score (nSPS) is 14.6. The molecular formula is C15H14ClFN2. The molecule has 1 aliphatic rings. The summed E-state index contributed by atoms with van der Waals surface area (Å²) in [6.45, 7) is 2.32. The standard InChI is InChI=1S/C15H14ClFN2/c16-15-11(2-1-3-14(15)17)8-19-7-10-4-5-13(18)6-12(10)9-19/h1-6H,7-9,18H2. The second-order valence-corrected chi connectivity index (χ2v) is 5.26. The first-order valence-electron chi connectivity index (χ1n) is 6.16. The molecule has 2 aromatic rings. The molecule has 0 aliphatic carbocycles. The maximum absolute atomic E-state index is 13.4. The Kier molecular flexibility index (Phi) is 3.17. The Morgan fingerprint density at radius 2 is 1.95 bits per heavy atom. The molecule has 0 bridgehead atoms. The highest BCUT2D eigenvalue weighted by atomic mass is 35.5. The summed E-state index contributed by atoms with van der Waals surface area (Å²) >= 11 is 5.99. The van der Waals surface area contributed by atoms with E-state index < -0.39 is 0 Å². The molecule has 0 saturated carbocycles. The van der Waals surface area contributed by atoms with Crippen molar-refractivity contribution in [1.82, 2.24) is 4.90 Å². The van der Waals surface area contributed by atoms with Crippen molar-refractivity contribution in [2.24, 2.45) is 0 Å². The third kappa shape index (κ3) is 2.44. The van der Waals surface area contributed by atoms with Crippen molar-refractivity contribution in [3.63, 3.8) is 0 Å². The second-order valence-electron chi connectivity index (χ2n) is 4.89. The first-order chi connectivity index (χ1) is 9.13. The SMILES string of the molecule is Nc1ccc2c(c1)CN(Cc1cccc(F)c1Cl)C2. The van der Waals surface area contributed by atoms with Gasteiger partial charge in [-0.1, -0.05) is 29.8 Å². The molecule has 2 aromatic carbocycles. The summed E-state index contributed by atoms with van der Waals surface area (Å²) in [4.78, 5) is 2.23. The third-order valence-corrected chi connectivity index (χ3v) is 3.87. The molecule has 0 unspecified atom stereocenters. The fourth-order valence-corrected chi connectivity index (χ4v) is 2.69. The number of rotatable bonds is 2. The Morgan fingerprint density at radius 1 is 1.16 bits per heavy atom. The fraction of sp³-hybridized carbons (Fsp3) is 0.200. The van der Waals surface area contributed by atoms with E-state index in [1.807, 2.05) is 18.2 Å². The van der Waals surface area contributed by atoms with Gasteiger partial charge in [-0.25, -0.2) is 4.39 Å². The zero-order chi connectivity index (χ0) is 13.4. The molecular weight excluding hydrogens is 263 g/mol. The summed E-state index contributed by atoms with van der Waals surface area (Å²) in [5.74, 6) is -0.361. The summed E-state index contributed by atoms with van der Waals surface area (Å²) in [7, 11) is 0. The Morgan fingerprint density at radius 3 is 2.79 bits per heavy atom. The van der Waals surface area contributed by atoms with E-state index in [1.54, 1.807) is 6.07 Å². The highest BCUT2D eigenvalue weighted by molar-refractivity contribution is 6.31. The first-order valence-corrected chi connectivity index (χ1v) is 6.54. The predicted molar refractivity (Wildman–Crippen MR) is 75.2 cm³/mol. The predicted octanol–water partition coefficient (Wildman–Crippen LogP) is 3.58. The van der Waals surface area contributed by atoms with E-state index in [1.165, 1.54) is 17.2 Å². The van der Waals surface area contributed by atoms with Crippen molar-refractivity contribution in [3.05, 3.63) is 63.9 Å². The van der Waals surface area contributed by atoms with Gasteiger partial charge in [0.2, 0.25) is 0 Å². The van der Waals surface area contributed by atoms with Gasteiger partial charge < -0.3 is 5.73 Å². The summed E-state index contributed by atoms with van der Waals surface area (Å²) in [6.07, 6.45) is 0. The molecule has 0 atom stereocenters. The summed E-state index contributed by atoms with van der Waals surface area (Å²) in [6, 6.07) is 10.9. The van der Waals surface area contributed by atoms with Crippen molar-refractivity contribution in [1.29, 1.82) is 0 Å². The number of benzene rings is 2. The van der Waals surface area contributed by atoms with Crippen molar-refractivity contribution in [2.75, 3.05) is 5.73 Å². The average Bonchev–Trinajstić information content (AvgIpc) is 2.76. The summed E-state index contributed by atoms with van der Waals surface area (Å²) < 4.78 is 13.4. The lowest BCUT2D eigenvalue weighted by molar-refractivity contribution is 0.275. The quantitative estimate of drug-likeness (QED) is 0.850. The molecule has 0 fully saturated rings. The molecule has 2 N–H and O–H groups in total. The lowest BCUT2D eigenvalue weighted by atomic mass is 10.1. The van der Waals surface area contributed by atoms with Crippen molar-refractivity contribution in [3.8, 4) is 0 Å². The number of fused-ring (bicyclic) bond motifs is 1. The number of hydrogen-bond acceptors (Lipinski definition) is 2. The van der Waals surface area contributed by atoms with Crippen molar-refractivity contribution >= 4 is 17.3 Å². The number of hydrogen-bond donors (Lipinski definition) is 1. The topological polar surface area (TPSA) is 29.3 Å². The van der Waals surface area contributed by atoms with Crippen LogP contribution in [0.4, 0.5) is 10.1 Å². The highest BCUT2D eigenvalue weighted by Crippen LogP contribution is 2.28. The molecule has 1 heterocycles. The van der Waals surface area contributed by atoms with Crippen LogP contribution in [-0.4, -0.2) is 4.90 Å². The molecule has 98 valence electrons. The minimum atomic E-state index is -0.361. The van der Waals surface area contributed by atoms with Gasteiger partial charge in [0.1, 0.15) is 5.82 Å². The third-order valence-electron chi connectivity index (χ3n) is 3.44. The summed E-state index contributed by atoms with van der Waals surface area (Å²) in [5, 5.41) is 0.220. The van der Waals surface area contributed by atoms with E-state index in [2.05, 4.69) is 11.0 Å². The Balaban J connectivity index is 1.79. The van der Waals surface area contributed by atoms with E-state index >= 15 is 0 Å². The van der Waals surface area contributed by atoms with Crippen LogP contribution < -0.4 is 5.73 Å². The van der Waals surface area contributed by atoms with Crippen molar-refractivity contribution in [2.45, 2.75) is 19.6 Å². The largest absolute Gasteiger partial charge is 0.399 e. The molecule has 1 aliphatic heterocycles. The van der Waals surface area contributed by atoms with E-state index in [0.29, 0.717) is 6.54 Å². The number of nitrogens with zero attached hydrogens (tertiary/aromatic N) is 1. The number of halogens is 2. The van der Waals surface area contributed by atoms with Crippen LogP contribution in [0, 0.1) is 5.82 Å². The van der Waals surface area contributed by atoms with Crippen LogP contribution in [0.5, 0.6) is 0 Å². The molecule has 4 heteroatoms. The van der Waals surface area contributed by atoms with Gasteiger partial charge in [0.15, 0.2) is 0 Å². The van der Waals surface area contributed by atoms with E-state index in [9.17, 15) is 4.39 Å². The van der Waals surface area contributed by atoms with E-state index in [4.69, 9.17) is 17.3 Å². The van der Waals surface area contributed by atoms with Gasteiger partial charge in [-0.15, -0.1) is 0 Å². The average molecular weight is 277 g/mol. The molecule has 0 radical (unpaired) electrons. The maximum atomic E-state index is 13.4. The highest BCUT2D eigenvalue weighted by Gasteiger charge is 2.20. The smallest absolute Gasteiger partial charge is 0.142 e. The minimum Gasteiger partial charge on any atom is -0.399 e. The first kappa shape index (κ1) is 12.5. The minimum absolute atomic E-state index is 0.220. The van der Waals surface area contributed by atoms with Gasteiger partial charge in [-0.2, -0.15) is 0 Å². The lowest BCUT2D eigenvalue weighted by Crippen LogP contribution is -2.16. The van der Waals surface area contributed by atoms with Crippen LogP contribution in [-0.2, 0) is 19.6 Å². The number of nitrogens with two attached hydrogens (primary N) is 1. The number of nitrogen functional groups attached to an aromatic ring is 1. The van der Waals surface area contributed by atoms with Gasteiger partial charge >= 0.3 is 0 Å². The van der Waals surface area contributed by atoms with Gasteiger partial charge in [0, 0.05) is 25.3 Å². The van der Waals surface area contributed by atoms with Crippen LogP contribution >= 0.6 is 11.6 Å². The maximum Gasteiger partial charge on any atom is 0.142 e. The Labute approximate surface area is 116 Å². The van der Waals surface area contributed by atoms with Crippen LogP contribution in [0.2, 0.25) is 5.02 Å². The van der Waals surface area contributed by atoms with Crippen molar-refractivity contribution < 1.29 is 4.39 Å². The van der Waals surface area contributed by atoms with Gasteiger partial charge in [0.05, 0.1) is 5.02 Å². The van der Waals surface area contributed by atoms with Crippen LogP contribution in [0.1, 0.15) is 16.7 Å². The molecule has 0 aromatic heterocycles. The molecule has 19 heavy (non-hydrogen) atoms. The lowest BCUT2D eigenvalue weighted by Gasteiger charge is -2.15. The summed E-state index contributed by atoms with van der Waals surface area (Å²) in [5.41, 5.74) is 9.91. The number of anilines is 1. The van der Waals surface area contributed by atoms with E-state index in [-0.39, 0.29) is 10.8 Å².